The number of hydrogen-bond acceptors (Lipinski definition) is 4. The van der Waals surface area contributed by atoms with Crippen molar-refractivity contribution in [2.24, 2.45) is 0 Å². The van der Waals surface area contributed by atoms with E-state index in [0.29, 0.717) is 21.3 Å². The van der Waals surface area contributed by atoms with Crippen molar-refractivity contribution >= 4 is 50.7 Å². The van der Waals surface area contributed by atoms with E-state index in [2.05, 4.69) is 5.32 Å². The molecule has 0 spiro atoms. The van der Waals surface area contributed by atoms with Gasteiger partial charge in [-0.1, -0.05) is 95.0 Å². The van der Waals surface area contributed by atoms with Gasteiger partial charge in [0.2, 0.25) is 11.8 Å². The highest BCUT2D eigenvalue weighted by atomic mass is 35.5. The van der Waals surface area contributed by atoms with Crippen molar-refractivity contribution in [2.45, 2.75) is 57.6 Å². The Bertz CT molecular complexity index is 1730. The maximum Gasteiger partial charge on any atom is 0.264 e. The van der Waals surface area contributed by atoms with Crippen molar-refractivity contribution in [3.8, 4) is 0 Å². The molecule has 0 fully saturated rings. The standard InChI is InChI=1S/C35H37Cl2N3O4S/c1-24(2)38-35(42)33(20-27-8-6-5-7-9-27)39(22-28-14-15-29(36)21-32(28)37)34(41)23-40(30-16-10-25(3)11-17-30)45(43,44)31-18-12-26(4)13-19-31/h5-19,21,24,33H,20,22-23H2,1-4H3,(H,38,42)/t33-/m0/s1. The fourth-order valence-electron chi connectivity index (χ4n) is 4.85. The average Bonchev–Trinajstić information content (AvgIpc) is 2.99. The maximum atomic E-state index is 14.5. The number of nitrogens with one attached hydrogen (secondary N) is 1. The zero-order valence-corrected chi connectivity index (χ0v) is 28.0. The van der Waals surface area contributed by atoms with Gasteiger partial charge in [0.25, 0.3) is 10.0 Å². The molecule has 1 atom stereocenters. The minimum absolute atomic E-state index is 0.0483. The lowest BCUT2D eigenvalue weighted by Crippen LogP contribution is -2.54. The second kappa shape index (κ2) is 15.0. The van der Waals surface area contributed by atoms with Crippen molar-refractivity contribution in [3.05, 3.63) is 129 Å². The van der Waals surface area contributed by atoms with Crippen LogP contribution in [-0.4, -0.2) is 43.8 Å². The topological polar surface area (TPSA) is 86.8 Å². The number of amides is 2. The Balaban J connectivity index is 1.82. The molecule has 0 heterocycles. The largest absolute Gasteiger partial charge is 0.352 e. The van der Waals surface area contributed by atoms with Crippen LogP contribution in [0.2, 0.25) is 10.0 Å². The molecule has 7 nitrogen and oxygen atoms in total. The number of halogens is 2. The van der Waals surface area contributed by atoms with Crippen molar-refractivity contribution < 1.29 is 18.0 Å². The molecule has 1 N–H and O–H groups in total. The van der Waals surface area contributed by atoms with Crippen molar-refractivity contribution in [2.75, 3.05) is 10.8 Å². The molecule has 10 heteroatoms. The summed E-state index contributed by atoms with van der Waals surface area (Å²) < 4.78 is 29.3. The molecule has 0 radical (unpaired) electrons. The Labute approximate surface area is 275 Å². The monoisotopic (exact) mass is 665 g/mol. The quantitative estimate of drug-likeness (QED) is 0.177. The van der Waals surface area contributed by atoms with Gasteiger partial charge in [0.1, 0.15) is 12.6 Å². The van der Waals surface area contributed by atoms with E-state index in [0.717, 1.165) is 21.0 Å². The Morgan fingerprint density at radius 3 is 2.00 bits per heavy atom. The molecule has 0 saturated heterocycles. The lowest BCUT2D eigenvalue weighted by Gasteiger charge is -2.34. The first kappa shape index (κ1) is 34.0. The third kappa shape index (κ3) is 8.87. The van der Waals surface area contributed by atoms with Crippen molar-refractivity contribution in [1.82, 2.24) is 10.2 Å². The third-order valence-corrected chi connectivity index (χ3v) is 9.64. The van der Waals surface area contributed by atoms with Crippen LogP contribution in [0.1, 0.15) is 36.1 Å². The number of nitrogens with zero attached hydrogens (tertiary/aromatic N) is 2. The van der Waals surface area contributed by atoms with Crippen LogP contribution >= 0.6 is 23.2 Å². The molecular formula is C35H37Cl2N3O4S. The molecule has 4 aromatic carbocycles. The minimum Gasteiger partial charge on any atom is -0.352 e. The number of aryl methyl sites for hydroxylation is 2. The highest BCUT2D eigenvalue weighted by Gasteiger charge is 2.35. The lowest BCUT2D eigenvalue weighted by molar-refractivity contribution is -0.140. The summed E-state index contributed by atoms with van der Waals surface area (Å²) in [7, 11) is -4.18. The number of carbonyl (C=O) groups excluding carboxylic acids is 2. The van der Waals surface area contributed by atoms with E-state index >= 15 is 0 Å². The lowest BCUT2D eigenvalue weighted by atomic mass is 10.0. The van der Waals surface area contributed by atoms with Crippen LogP contribution in [0.4, 0.5) is 5.69 Å². The fraction of sp³-hybridized carbons (Fsp3) is 0.257. The summed E-state index contributed by atoms with van der Waals surface area (Å²) in [5, 5.41) is 3.69. The summed E-state index contributed by atoms with van der Waals surface area (Å²) in [5.41, 5.74) is 3.56. The summed E-state index contributed by atoms with van der Waals surface area (Å²) in [6.45, 7) is 6.84. The normalized spacial score (nSPS) is 12.1. The van der Waals surface area contributed by atoms with Gasteiger partial charge in [0.15, 0.2) is 0 Å². The number of rotatable bonds is 12. The zero-order chi connectivity index (χ0) is 32.7. The first-order chi connectivity index (χ1) is 21.3. The highest BCUT2D eigenvalue weighted by molar-refractivity contribution is 7.92. The van der Waals surface area contributed by atoms with E-state index in [4.69, 9.17) is 23.2 Å². The number of anilines is 1. The highest BCUT2D eigenvalue weighted by Crippen LogP contribution is 2.27. The number of carbonyl (C=O) groups is 2. The average molecular weight is 667 g/mol. The Morgan fingerprint density at radius 1 is 0.822 bits per heavy atom. The summed E-state index contributed by atoms with van der Waals surface area (Å²) in [6, 6.07) is 26.5. The molecule has 0 aliphatic carbocycles. The van der Waals surface area contributed by atoms with E-state index in [9.17, 15) is 18.0 Å². The van der Waals surface area contributed by atoms with Crippen LogP contribution in [0.5, 0.6) is 0 Å². The predicted octanol–water partition coefficient (Wildman–Crippen LogP) is 6.97. The van der Waals surface area contributed by atoms with Gasteiger partial charge in [-0.25, -0.2) is 8.42 Å². The van der Waals surface area contributed by atoms with Gasteiger partial charge in [-0.3, -0.25) is 13.9 Å². The van der Waals surface area contributed by atoms with Crippen molar-refractivity contribution in [1.29, 1.82) is 0 Å². The Morgan fingerprint density at radius 2 is 1.42 bits per heavy atom. The molecule has 2 amide bonds. The van der Waals surface area contributed by atoms with E-state index in [1.54, 1.807) is 54.6 Å². The van der Waals surface area contributed by atoms with Gasteiger partial charge >= 0.3 is 0 Å². The molecule has 45 heavy (non-hydrogen) atoms. The zero-order valence-electron chi connectivity index (χ0n) is 25.7. The molecule has 0 aromatic heterocycles. The van der Waals surface area contributed by atoms with Gasteiger partial charge in [0.05, 0.1) is 10.6 Å². The molecule has 0 saturated carbocycles. The van der Waals surface area contributed by atoms with Gasteiger partial charge < -0.3 is 10.2 Å². The first-order valence-electron chi connectivity index (χ1n) is 14.6. The molecule has 0 unspecified atom stereocenters. The van der Waals surface area contributed by atoms with Crippen LogP contribution in [0.25, 0.3) is 0 Å². The molecule has 236 valence electrons. The second-order valence-electron chi connectivity index (χ2n) is 11.3. The first-order valence-corrected chi connectivity index (χ1v) is 16.8. The SMILES string of the molecule is Cc1ccc(N(CC(=O)N(Cc2ccc(Cl)cc2Cl)[C@@H](Cc2ccccc2)C(=O)NC(C)C)S(=O)(=O)c2ccc(C)cc2)cc1. The third-order valence-electron chi connectivity index (χ3n) is 7.27. The number of benzene rings is 4. The van der Waals surface area contributed by atoms with Crippen molar-refractivity contribution in [3.63, 3.8) is 0 Å². The molecule has 4 rings (SSSR count). The fourth-order valence-corrected chi connectivity index (χ4v) is 6.73. The smallest absolute Gasteiger partial charge is 0.264 e. The maximum absolute atomic E-state index is 14.5. The summed E-state index contributed by atoms with van der Waals surface area (Å²) in [4.78, 5) is 29.7. The van der Waals surface area contributed by atoms with Crippen LogP contribution in [0, 0.1) is 13.8 Å². The predicted molar refractivity (Wildman–Crippen MR) is 181 cm³/mol. The second-order valence-corrected chi connectivity index (χ2v) is 14.0. The minimum atomic E-state index is -4.18. The van der Waals surface area contributed by atoms with Crippen LogP contribution in [0.15, 0.2) is 102 Å². The van der Waals surface area contributed by atoms with Crippen LogP contribution < -0.4 is 9.62 Å². The molecule has 0 bridgehead atoms. The van der Waals surface area contributed by atoms with Gasteiger partial charge in [-0.05, 0) is 75.2 Å². The van der Waals surface area contributed by atoms with E-state index in [1.165, 1.54) is 17.0 Å². The number of sulfonamides is 1. The number of hydrogen-bond donors (Lipinski definition) is 1. The van der Waals surface area contributed by atoms with Crippen LogP contribution in [0.3, 0.4) is 0 Å². The molecular weight excluding hydrogens is 629 g/mol. The molecule has 4 aromatic rings. The summed E-state index contributed by atoms with van der Waals surface area (Å²) >= 11 is 12.7. The molecule has 0 aliphatic heterocycles. The summed E-state index contributed by atoms with van der Waals surface area (Å²) in [5.74, 6) is -0.937. The Hall–Kier alpha value is -3.85. The van der Waals surface area contributed by atoms with Crippen LogP contribution in [-0.2, 0) is 32.6 Å². The van der Waals surface area contributed by atoms with E-state index in [1.807, 2.05) is 58.0 Å². The van der Waals surface area contributed by atoms with Gasteiger partial charge in [0, 0.05) is 29.1 Å². The van der Waals surface area contributed by atoms with Gasteiger partial charge in [-0.15, -0.1) is 0 Å². The Kier molecular flexibility index (Phi) is 11.3. The van der Waals surface area contributed by atoms with Gasteiger partial charge in [-0.2, -0.15) is 0 Å². The molecule has 0 aliphatic rings. The van der Waals surface area contributed by atoms with E-state index in [-0.39, 0.29) is 29.8 Å². The van der Waals surface area contributed by atoms with E-state index < -0.39 is 28.5 Å². The summed E-state index contributed by atoms with van der Waals surface area (Å²) in [6.07, 6.45) is 0.200.